The third kappa shape index (κ3) is 5.78. The zero-order chi connectivity index (χ0) is 23.1. The van der Waals surface area contributed by atoms with Crippen molar-refractivity contribution in [2.45, 2.75) is 26.7 Å². The van der Waals surface area contributed by atoms with E-state index in [-0.39, 0.29) is 23.7 Å². The van der Waals surface area contributed by atoms with Crippen LogP contribution in [-0.2, 0) is 6.42 Å². The van der Waals surface area contributed by atoms with Crippen molar-refractivity contribution in [3.63, 3.8) is 0 Å². The molecule has 0 aliphatic carbocycles. The standard InChI is InChI=1S/C26H23F3O3/c1-3-31-22-15-16-23(25(29)24(22)28)32-26(30)21-13-11-20(12-14-21)19-9-7-18(8-10-19)6-4-5-17(2)27/h5,7-16H,3-4,6H2,1-2H3/b17-5-. The van der Waals surface area contributed by atoms with Crippen molar-refractivity contribution in [2.75, 3.05) is 6.61 Å². The quantitative estimate of drug-likeness (QED) is 0.278. The number of carbonyl (C=O) groups excluding carboxylic acids is 1. The molecule has 3 rings (SSSR count). The normalized spacial score (nSPS) is 11.3. The van der Waals surface area contributed by atoms with Crippen LogP contribution in [0.2, 0.25) is 0 Å². The van der Waals surface area contributed by atoms with Gasteiger partial charge in [-0.1, -0.05) is 42.5 Å². The fourth-order valence-corrected chi connectivity index (χ4v) is 3.12. The summed E-state index contributed by atoms with van der Waals surface area (Å²) in [4.78, 5) is 12.4. The minimum absolute atomic E-state index is 0.181. The first-order chi connectivity index (χ1) is 15.4. The second kappa shape index (κ2) is 10.7. The second-order valence-electron chi connectivity index (χ2n) is 7.12. The summed E-state index contributed by atoms with van der Waals surface area (Å²) in [5.41, 5.74) is 3.12. The molecular weight excluding hydrogens is 417 g/mol. The summed E-state index contributed by atoms with van der Waals surface area (Å²) >= 11 is 0. The van der Waals surface area contributed by atoms with Crippen molar-refractivity contribution in [2.24, 2.45) is 0 Å². The third-order valence-corrected chi connectivity index (χ3v) is 4.78. The predicted octanol–water partition coefficient (Wildman–Crippen LogP) is 7.06. The molecule has 6 heteroatoms. The molecule has 0 aliphatic heterocycles. The summed E-state index contributed by atoms with van der Waals surface area (Å²) in [6.07, 6.45) is 2.94. The molecule has 3 nitrogen and oxygen atoms in total. The number of hydrogen-bond acceptors (Lipinski definition) is 3. The largest absolute Gasteiger partial charge is 0.491 e. The van der Waals surface area contributed by atoms with Gasteiger partial charge in [0.1, 0.15) is 0 Å². The molecule has 0 N–H and O–H groups in total. The average molecular weight is 440 g/mol. The molecule has 0 heterocycles. The molecule has 0 saturated heterocycles. The summed E-state index contributed by atoms with van der Waals surface area (Å²) in [5, 5.41) is 0. The number of benzene rings is 3. The molecule has 0 bridgehead atoms. The van der Waals surface area contributed by atoms with Gasteiger partial charge in [-0.05, 0) is 67.6 Å². The van der Waals surface area contributed by atoms with E-state index in [4.69, 9.17) is 9.47 Å². The van der Waals surface area contributed by atoms with Crippen LogP contribution >= 0.6 is 0 Å². The summed E-state index contributed by atoms with van der Waals surface area (Å²) in [7, 11) is 0. The fraction of sp³-hybridized carbons (Fsp3) is 0.192. The van der Waals surface area contributed by atoms with E-state index in [0.717, 1.165) is 29.2 Å². The van der Waals surface area contributed by atoms with Crippen LogP contribution in [0.1, 0.15) is 36.2 Å². The topological polar surface area (TPSA) is 35.5 Å². The lowest BCUT2D eigenvalue weighted by atomic mass is 10.0. The Bertz CT molecular complexity index is 1100. The van der Waals surface area contributed by atoms with Gasteiger partial charge in [0.05, 0.1) is 18.0 Å². The van der Waals surface area contributed by atoms with E-state index in [1.54, 1.807) is 37.3 Å². The van der Waals surface area contributed by atoms with Crippen molar-refractivity contribution in [1.29, 1.82) is 0 Å². The first kappa shape index (κ1) is 23.1. The zero-order valence-corrected chi connectivity index (χ0v) is 17.8. The van der Waals surface area contributed by atoms with Gasteiger partial charge in [0, 0.05) is 0 Å². The van der Waals surface area contributed by atoms with E-state index in [1.165, 1.54) is 13.0 Å². The van der Waals surface area contributed by atoms with Crippen molar-refractivity contribution in [3.05, 3.63) is 95.3 Å². The zero-order valence-electron chi connectivity index (χ0n) is 17.8. The van der Waals surface area contributed by atoms with Gasteiger partial charge >= 0.3 is 5.97 Å². The molecule has 0 aliphatic rings. The Morgan fingerprint density at radius 3 is 2.03 bits per heavy atom. The molecule has 166 valence electrons. The molecule has 0 unspecified atom stereocenters. The maximum absolute atomic E-state index is 14.1. The van der Waals surface area contributed by atoms with Crippen LogP contribution in [-0.4, -0.2) is 12.6 Å². The molecule has 0 atom stereocenters. The highest BCUT2D eigenvalue weighted by atomic mass is 19.2. The fourth-order valence-electron chi connectivity index (χ4n) is 3.12. The second-order valence-corrected chi connectivity index (χ2v) is 7.12. The maximum Gasteiger partial charge on any atom is 0.343 e. The Hall–Kier alpha value is -3.54. The lowest BCUT2D eigenvalue weighted by Gasteiger charge is -2.10. The Morgan fingerprint density at radius 1 is 0.875 bits per heavy atom. The first-order valence-corrected chi connectivity index (χ1v) is 10.2. The molecule has 3 aromatic rings. The molecule has 0 aromatic heterocycles. The van der Waals surface area contributed by atoms with E-state index >= 15 is 0 Å². The minimum atomic E-state index is -1.28. The van der Waals surface area contributed by atoms with Crippen LogP contribution in [0.4, 0.5) is 13.2 Å². The van der Waals surface area contributed by atoms with Crippen LogP contribution in [0.3, 0.4) is 0 Å². The van der Waals surface area contributed by atoms with E-state index in [2.05, 4.69) is 0 Å². The third-order valence-electron chi connectivity index (χ3n) is 4.78. The van der Waals surface area contributed by atoms with Crippen molar-refractivity contribution < 1.29 is 27.4 Å². The number of ether oxygens (including phenoxy) is 2. The molecule has 0 spiro atoms. The monoisotopic (exact) mass is 440 g/mol. The van der Waals surface area contributed by atoms with Crippen molar-refractivity contribution in [3.8, 4) is 22.6 Å². The Morgan fingerprint density at radius 2 is 1.44 bits per heavy atom. The van der Waals surface area contributed by atoms with Gasteiger partial charge < -0.3 is 9.47 Å². The number of halogens is 3. The van der Waals surface area contributed by atoms with Gasteiger partial charge in [0.2, 0.25) is 11.6 Å². The van der Waals surface area contributed by atoms with Gasteiger partial charge in [-0.2, -0.15) is 8.78 Å². The average Bonchev–Trinajstić information content (AvgIpc) is 2.79. The Balaban J connectivity index is 1.67. The molecule has 0 amide bonds. The van der Waals surface area contributed by atoms with E-state index < -0.39 is 23.4 Å². The van der Waals surface area contributed by atoms with Crippen LogP contribution in [0.15, 0.2) is 72.6 Å². The number of rotatable bonds is 8. The molecule has 32 heavy (non-hydrogen) atoms. The van der Waals surface area contributed by atoms with Crippen LogP contribution in [0, 0.1) is 11.6 Å². The number of carbonyl (C=O) groups is 1. The summed E-state index contributed by atoms with van der Waals surface area (Å²) in [5.74, 6) is -4.21. The van der Waals surface area contributed by atoms with E-state index in [9.17, 15) is 18.0 Å². The Kier molecular flexibility index (Phi) is 7.71. The summed E-state index contributed by atoms with van der Waals surface area (Å²) in [6.45, 7) is 3.26. The number of hydrogen-bond donors (Lipinski definition) is 0. The molecule has 0 fully saturated rings. The molecule has 0 saturated carbocycles. The summed E-state index contributed by atoms with van der Waals surface area (Å²) in [6, 6.07) is 16.8. The lowest BCUT2D eigenvalue weighted by molar-refractivity contribution is 0.0726. The van der Waals surface area contributed by atoms with Crippen molar-refractivity contribution >= 4 is 5.97 Å². The summed E-state index contributed by atoms with van der Waals surface area (Å²) < 4.78 is 50.9. The van der Waals surface area contributed by atoms with Gasteiger partial charge in [0.25, 0.3) is 0 Å². The van der Waals surface area contributed by atoms with Gasteiger partial charge in [-0.15, -0.1) is 0 Å². The van der Waals surface area contributed by atoms with Crippen molar-refractivity contribution in [1.82, 2.24) is 0 Å². The van der Waals surface area contributed by atoms with Crippen LogP contribution in [0.25, 0.3) is 11.1 Å². The maximum atomic E-state index is 14.1. The van der Waals surface area contributed by atoms with E-state index in [1.807, 2.05) is 24.3 Å². The SMILES string of the molecule is CCOc1ccc(OC(=O)c2ccc(-c3ccc(CC/C=C(/C)F)cc3)cc2)c(F)c1F. The Labute approximate surface area is 185 Å². The van der Waals surface area contributed by atoms with Gasteiger partial charge in [-0.25, -0.2) is 9.18 Å². The highest BCUT2D eigenvalue weighted by Gasteiger charge is 2.18. The molecule has 0 radical (unpaired) electrons. The van der Waals surface area contributed by atoms with Crippen LogP contribution < -0.4 is 9.47 Å². The number of allylic oxidation sites excluding steroid dienone is 2. The lowest BCUT2D eigenvalue weighted by Crippen LogP contribution is -2.10. The predicted molar refractivity (Wildman–Crippen MR) is 118 cm³/mol. The molecular formula is C26H23F3O3. The van der Waals surface area contributed by atoms with Gasteiger partial charge in [-0.3, -0.25) is 0 Å². The highest BCUT2D eigenvalue weighted by Crippen LogP contribution is 2.28. The van der Waals surface area contributed by atoms with Gasteiger partial charge in [0.15, 0.2) is 11.5 Å². The van der Waals surface area contributed by atoms with E-state index in [0.29, 0.717) is 6.42 Å². The first-order valence-electron chi connectivity index (χ1n) is 10.2. The number of aryl methyl sites for hydroxylation is 1. The highest BCUT2D eigenvalue weighted by molar-refractivity contribution is 5.91. The molecule has 3 aromatic carbocycles. The minimum Gasteiger partial charge on any atom is -0.491 e. The smallest absolute Gasteiger partial charge is 0.343 e. The number of esters is 1. The van der Waals surface area contributed by atoms with Crippen LogP contribution in [0.5, 0.6) is 11.5 Å².